The Morgan fingerprint density at radius 2 is 2.33 bits per heavy atom. The molecule has 2 heterocycles. The zero-order chi connectivity index (χ0) is 10.5. The molecule has 2 rings (SSSR count). The Hall–Kier alpha value is -1.59. The summed E-state index contributed by atoms with van der Waals surface area (Å²) in [6.45, 7) is 3.83. The van der Waals surface area contributed by atoms with Crippen LogP contribution in [0, 0.1) is 11.8 Å². The van der Waals surface area contributed by atoms with Crippen LogP contribution in [0.3, 0.4) is 0 Å². The first-order valence-electron chi connectivity index (χ1n) is 5.19. The topological polar surface area (TPSA) is 24.9 Å². The molecular formula is C13H14N2. The van der Waals surface area contributed by atoms with E-state index in [1.807, 2.05) is 19.2 Å². The SMILES string of the molecule is CC#Cc1ccc(C2=CCNCC2)nc1. The lowest BCUT2D eigenvalue weighted by molar-refractivity contribution is 0.737. The molecule has 0 spiro atoms. The van der Waals surface area contributed by atoms with Gasteiger partial charge in [-0.15, -0.1) is 5.92 Å². The summed E-state index contributed by atoms with van der Waals surface area (Å²) in [6, 6.07) is 4.08. The molecule has 15 heavy (non-hydrogen) atoms. The average Bonchev–Trinajstić information content (AvgIpc) is 2.32. The third-order valence-electron chi connectivity index (χ3n) is 2.43. The van der Waals surface area contributed by atoms with Gasteiger partial charge in [-0.3, -0.25) is 4.98 Å². The molecule has 1 aromatic rings. The number of rotatable bonds is 1. The maximum Gasteiger partial charge on any atom is 0.0660 e. The van der Waals surface area contributed by atoms with Crippen LogP contribution in [0.5, 0.6) is 0 Å². The number of pyridine rings is 1. The summed E-state index contributed by atoms with van der Waals surface area (Å²) < 4.78 is 0. The van der Waals surface area contributed by atoms with Gasteiger partial charge in [-0.25, -0.2) is 0 Å². The molecule has 0 unspecified atom stereocenters. The molecule has 0 saturated carbocycles. The smallest absolute Gasteiger partial charge is 0.0660 e. The number of hydrogen-bond acceptors (Lipinski definition) is 2. The fraction of sp³-hybridized carbons (Fsp3) is 0.308. The number of nitrogens with zero attached hydrogens (tertiary/aromatic N) is 1. The van der Waals surface area contributed by atoms with Gasteiger partial charge in [-0.1, -0.05) is 12.0 Å². The Morgan fingerprint density at radius 1 is 1.40 bits per heavy atom. The highest BCUT2D eigenvalue weighted by Gasteiger charge is 2.05. The van der Waals surface area contributed by atoms with Crippen molar-refractivity contribution in [2.45, 2.75) is 13.3 Å². The molecule has 0 amide bonds. The molecule has 0 bridgehead atoms. The monoisotopic (exact) mass is 198 g/mol. The Bertz CT molecular complexity index is 418. The van der Waals surface area contributed by atoms with Crippen LogP contribution >= 0.6 is 0 Å². The van der Waals surface area contributed by atoms with E-state index in [1.165, 1.54) is 5.57 Å². The highest BCUT2D eigenvalue weighted by Crippen LogP contribution is 2.17. The largest absolute Gasteiger partial charge is 0.313 e. The van der Waals surface area contributed by atoms with Crippen molar-refractivity contribution in [3.8, 4) is 11.8 Å². The summed E-state index contributed by atoms with van der Waals surface area (Å²) in [7, 11) is 0. The van der Waals surface area contributed by atoms with E-state index in [-0.39, 0.29) is 0 Å². The van der Waals surface area contributed by atoms with E-state index in [9.17, 15) is 0 Å². The summed E-state index contributed by atoms with van der Waals surface area (Å²) in [6.07, 6.45) is 5.11. The van der Waals surface area contributed by atoms with Gasteiger partial charge < -0.3 is 5.32 Å². The van der Waals surface area contributed by atoms with Crippen LogP contribution in [0.2, 0.25) is 0 Å². The van der Waals surface area contributed by atoms with Gasteiger partial charge >= 0.3 is 0 Å². The van der Waals surface area contributed by atoms with Gasteiger partial charge in [0.2, 0.25) is 0 Å². The lowest BCUT2D eigenvalue weighted by atomic mass is 10.1. The van der Waals surface area contributed by atoms with Gasteiger partial charge in [0.15, 0.2) is 0 Å². The van der Waals surface area contributed by atoms with E-state index in [2.05, 4.69) is 34.3 Å². The minimum atomic E-state index is 0.952. The van der Waals surface area contributed by atoms with E-state index >= 15 is 0 Å². The Morgan fingerprint density at radius 3 is 2.93 bits per heavy atom. The normalized spacial score (nSPS) is 15.1. The first-order chi connectivity index (χ1) is 7.40. The van der Waals surface area contributed by atoms with E-state index in [1.54, 1.807) is 0 Å². The molecule has 1 N–H and O–H groups in total. The van der Waals surface area contributed by atoms with Crippen LogP contribution in [0.4, 0.5) is 0 Å². The lowest BCUT2D eigenvalue weighted by Gasteiger charge is -2.13. The standard InChI is InChI=1S/C13H14N2/c1-2-3-11-4-5-13(15-10-11)12-6-8-14-9-7-12/h4-6,10,14H,7-9H2,1H3. The van der Waals surface area contributed by atoms with Gasteiger partial charge in [0.05, 0.1) is 5.69 Å². The van der Waals surface area contributed by atoms with Crippen LogP contribution in [-0.4, -0.2) is 18.1 Å². The van der Waals surface area contributed by atoms with Gasteiger partial charge in [-0.2, -0.15) is 0 Å². The van der Waals surface area contributed by atoms with Crippen molar-refractivity contribution in [3.05, 3.63) is 35.7 Å². The summed E-state index contributed by atoms with van der Waals surface area (Å²) in [4.78, 5) is 4.42. The molecule has 0 radical (unpaired) electrons. The van der Waals surface area contributed by atoms with Crippen molar-refractivity contribution >= 4 is 5.57 Å². The molecule has 0 aromatic carbocycles. The molecule has 2 heteroatoms. The Kier molecular flexibility index (Phi) is 3.16. The van der Waals surface area contributed by atoms with E-state index in [4.69, 9.17) is 0 Å². The second-order valence-corrected chi connectivity index (χ2v) is 3.49. The van der Waals surface area contributed by atoms with Crippen molar-refractivity contribution in [2.24, 2.45) is 0 Å². The summed E-state index contributed by atoms with van der Waals surface area (Å²) in [5, 5.41) is 3.29. The molecule has 0 aliphatic carbocycles. The second-order valence-electron chi connectivity index (χ2n) is 3.49. The molecular weight excluding hydrogens is 184 g/mol. The number of nitrogens with one attached hydrogen (secondary N) is 1. The molecule has 0 atom stereocenters. The van der Waals surface area contributed by atoms with Crippen LogP contribution in [0.25, 0.3) is 5.57 Å². The fourth-order valence-electron chi connectivity index (χ4n) is 1.66. The van der Waals surface area contributed by atoms with Gasteiger partial charge in [0, 0.05) is 18.3 Å². The minimum Gasteiger partial charge on any atom is -0.313 e. The highest BCUT2D eigenvalue weighted by atomic mass is 14.9. The van der Waals surface area contributed by atoms with E-state index < -0.39 is 0 Å². The van der Waals surface area contributed by atoms with E-state index in [0.29, 0.717) is 0 Å². The van der Waals surface area contributed by atoms with Gasteiger partial charge in [-0.05, 0) is 37.6 Å². The van der Waals surface area contributed by atoms with Crippen molar-refractivity contribution in [1.82, 2.24) is 10.3 Å². The maximum absolute atomic E-state index is 4.42. The van der Waals surface area contributed by atoms with Crippen LogP contribution in [0.1, 0.15) is 24.6 Å². The number of aromatic nitrogens is 1. The van der Waals surface area contributed by atoms with Crippen molar-refractivity contribution in [2.75, 3.05) is 13.1 Å². The van der Waals surface area contributed by atoms with Crippen molar-refractivity contribution in [3.63, 3.8) is 0 Å². The Balaban J connectivity index is 2.21. The van der Waals surface area contributed by atoms with Crippen LogP contribution < -0.4 is 5.32 Å². The van der Waals surface area contributed by atoms with Crippen molar-refractivity contribution < 1.29 is 0 Å². The lowest BCUT2D eigenvalue weighted by Crippen LogP contribution is -2.20. The predicted octanol–water partition coefficient (Wildman–Crippen LogP) is 1.83. The molecule has 2 nitrogen and oxygen atoms in total. The minimum absolute atomic E-state index is 0.952. The summed E-state index contributed by atoms with van der Waals surface area (Å²) in [5.41, 5.74) is 3.40. The molecule has 76 valence electrons. The molecule has 1 aromatic heterocycles. The summed E-state index contributed by atoms with van der Waals surface area (Å²) >= 11 is 0. The van der Waals surface area contributed by atoms with Gasteiger partial charge in [0.25, 0.3) is 0 Å². The zero-order valence-corrected chi connectivity index (χ0v) is 8.88. The van der Waals surface area contributed by atoms with Crippen LogP contribution in [0.15, 0.2) is 24.4 Å². The fourth-order valence-corrected chi connectivity index (χ4v) is 1.66. The van der Waals surface area contributed by atoms with Crippen molar-refractivity contribution in [1.29, 1.82) is 0 Å². The first kappa shape index (κ1) is 9.95. The van der Waals surface area contributed by atoms with E-state index in [0.717, 1.165) is 30.8 Å². The maximum atomic E-state index is 4.42. The number of hydrogen-bond donors (Lipinski definition) is 1. The molecule has 0 fully saturated rings. The molecule has 1 aliphatic rings. The highest BCUT2D eigenvalue weighted by molar-refractivity contribution is 5.63. The molecule has 1 aliphatic heterocycles. The summed E-state index contributed by atoms with van der Waals surface area (Å²) in [5.74, 6) is 5.86. The van der Waals surface area contributed by atoms with Gasteiger partial charge in [0.1, 0.15) is 0 Å². The third-order valence-corrected chi connectivity index (χ3v) is 2.43. The molecule has 0 saturated heterocycles. The third kappa shape index (κ3) is 2.45. The van der Waals surface area contributed by atoms with Crippen LogP contribution in [-0.2, 0) is 0 Å². The predicted molar refractivity (Wildman–Crippen MR) is 62.3 cm³/mol. The second kappa shape index (κ2) is 4.77. The Labute approximate surface area is 90.4 Å². The first-order valence-corrected chi connectivity index (χ1v) is 5.19. The average molecular weight is 198 g/mol. The quantitative estimate of drug-likeness (QED) is 0.696. The zero-order valence-electron chi connectivity index (χ0n) is 8.88.